The Balaban J connectivity index is 1.19. The Morgan fingerprint density at radius 2 is 1.14 bits per heavy atom. The fraction of sp³-hybridized carbons (Fsp3) is 0.167. The Bertz CT molecular complexity index is 2540. The van der Waals surface area contributed by atoms with Gasteiger partial charge in [-0.25, -0.2) is 0 Å². The van der Waals surface area contributed by atoms with Crippen LogP contribution in [-0.4, -0.2) is 4.57 Å². The number of anilines is 3. The summed E-state index contributed by atoms with van der Waals surface area (Å²) >= 11 is 0. The molecule has 6 aromatic carbocycles. The zero-order chi connectivity index (χ0) is 33.8. The van der Waals surface area contributed by atoms with Crippen molar-refractivity contribution >= 4 is 44.4 Å². The molecule has 3 aliphatic rings. The molecule has 0 radical (unpaired) electrons. The van der Waals surface area contributed by atoms with E-state index in [0.717, 1.165) is 24.2 Å². The summed E-state index contributed by atoms with van der Waals surface area (Å²) in [5, 5.41) is 2.56. The van der Waals surface area contributed by atoms with E-state index in [1.807, 2.05) is 0 Å². The molecule has 0 spiro atoms. The molecule has 0 fully saturated rings. The van der Waals surface area contributed by atoms with Crippen molar-refractivity contribution in [3.63, 3.8) is 0 Å². The van der Waals surface area contributed by atoms with Crippen molar-refractivity contribution in [1.29, 1.82) is 0 Å². The molecule has 1 heterocycles. The second-order valence-electron chi connectivity index (χ2n) is 15.3. The molecule has 0 bridgehead atoms. The van der Waals surface area contributed by atoms with Crippen molar-refractivity contribution < 1.29 is 0 Å². The lowest BCUT2D eigenvalue weighted by molar-refractivity contribution is 0.654. The molecule has 3 aliphatic carbocycles. The van der Waals surface area contributed by atoms with Gasteiger partial charge in [0.1, 0.15) is 0 Å². The van der Waals surface area contributed by atoms with Gasteiger partial charge in [0.05, 0.1) is 16.7 Å². The predicted octanol–water partition coefficient (Wildman–Crippen LogP) is 13.0. The minimum absolute atomic E-state index is 0.00582. The van der Waals surface area contributed by atoms with Crippen LogP contribution in [0.5, 0.6) is 0 Å². The molecular weight excluding hydrogens is 605 g/mol. The van der Waals surface area contributed by atoms with Crippen LogP contribution in [0.4, 0.5) is 17.1 Å². The van der Waals surface area contributed by atoms with E-state index in [4.69, 9.17) is 0 Å². The molecule has 1 aromatic heterocycles. The summed E-state index contributed by atoms with van der Waals surface area (Å²) < 4.78 is 2.40. The molecule has 2 heteroatoms. The van der Waals surface area contributed by atoms with Crippen LogP contribution in [0.2, 0.25) is 0 Å². The molecule has 0 saturated carbocycles. The predicted molar refractivity (Wildman–Crippen MR) is 211 cm³/mol. The van der Waals surface area contributed by atoms with Gasteiger partial charge >= 0.3 is 0 Å². The van der Waals surface area contributed by atoms with Gasteiger partial charge < -0.3 is 9.47 Å². The van der Waals surface area contributed by atoms with E-state index in [2.05, 4.69) is 183 Å². The molecule has 0 N–H and O–H groups in total. The number of para-hydroxylation sites is 2. The smallest absolute Gasteiger partial charge is 0.0543 e. The largest absolute Gasteiger partial charge is 0.310 e. The Morgan fingerprint density at radius 1 is 0.520 bits per heavy atom. The van der Waals surface area contributed by atoms with Crippen molar-refractivity contribution in [1.82, 2.24) is 4.57 Å². The quantitative estimate of drug-likeness (QED) is 0.185. The van der Waals surface area contributed by atoms with Crippen LogP contribution in [0.1, 0.15) is 62.8 Å². The Labute approximate surface area is 294 Å². The highest BCUT2D eigenvalue weighted by atomic mass is 15.1. The van der Waals surface area contributed by atoms with Crippen LogP contribution in [0.15, 0.2) is 151 Å². The average Bonchev–Trinajstić information content (AvgIpc) is 3.70. The molecule has 7 aromatic rings. The lowest BCUT2D eigenvalue weighted by Crippen LogP contribution is -2.17. The molecule has 0 unspecified atom stereocenters. The topological polar surface area (TPSA) is 8.17 Å². The minimum atomic E-state index is -0.0808. The summed E-state index contributed by atoms with van der Waals surface area (Å²) in [6.45, 7) is 9.51. The molecule has 50 heavy (non-hydrogen) atoms. The highest BCUT2D eigenvalue weighted by Gasteiger charge is 2.40. The molecule has 0 atom stereocenters. The first-order valence-corrected chi connectivity index (χ1v) is 18.0. The number of nitrogens with zero attached hydrogens (tertiary/aromatic N) is 2. The van der Waals surface area contributed by atoms with Crippen molar-refractivity contribution in [2.24, 2.45) is 0 Å². The standard InChI is InChI=1S/C48H40N2/c1-47(2)39-18-9-5-14-34(39)38-30-33(28-29-41(38)47)49(45-23-13-20-42-46(45)37-17-6-10-19-40(37)48(42,3)4)31-24-26-32(27-25-31)50-43-21-11-7-15-35(43)36-16-8-12-22-44(36)50/h6-8,10-30H,5,9H2,1-4H3. The first-order chi connectivity index (χ1) is 24.3. The van der Waals surface area contributed by atoms with Crippen LogP contribution < -0.4 is 4.90 Å². The van der Waals surface area contributed by atoms with Crippen LogP contribution in [0.3, 0.4) is 0 Å². The third-order valence-corrected chi connectivity index (χ3v) is 11.8. The summed E-state index contributed by atoms with van der Waals surface area (Å²) in [5.41, 5.74) is 18.2. The Kier molecular flexibility index (Phi) is 6.13. The summed E-state index contributed by atoms with van der Waals surface area (Å²) in [5.74, 6) is 0. The van der Waals surface area contributed by atoms with E-state index in [9.17, 15) is 0 Å². The van der Waals surface area contributed by atoms with E-state index >= 15 is 0 Å². The number of fused-ring (bicyclic) bond motifs is 9. The number of allylic oxidation sites excluding steroid dienone is 4. The molecule has 2 nitrogen and oxygen atoms in total. The lowest BCUT2D eigenvalue weighted by Gasteiger charge is -2.30. The van der Waals surface area contributed by atoms with Crippen LogP contribution in [0, 0.1) is 0 Å². The second kappa shape index (κ2) is 10.5. The van der Waals surface area contributed by atoms with E-state index in [-0.39, 0.29) is 10.8 Å². The summed E-state index contributed by atoms with van der Waals surface area (Å²) in [7, 11) is 0. The zero-order valence-corrected chi connectivity index (χ0v) is 29.2. The fourth-order valence-electron chi connectivity index (χ4n) is 9.41. The number of rotatable bonds is 4. The summed E-state index contributed by atoms with van der Waals surface area (Å²) in [6, 6.07) is 49.8. The van der Waals surface area contributed by atoms with Crippen molar-refractivity contribution in [3.8, 4) is 16.8 Å². The van der Waals surface area contributed by atoms with Gasteiger partial charge in [0, 0.05) is 44.2 Å². The highest BCUT2D eigenvalue weighted by molar-refractivity contribution is 6.09. The number of benzene rings is 6. The van der Waals surface area contributed by atoms with Crippen molar-refractivity contribution in [3.05, 3.63) is 173 Å². The van der Waals surface area contributed by atoms with Crippen molar-refractivity contribution in [2.45, 2.75) is 51.4 Å². The number of hydrogen-bond donors (Lipinski definition) is 0. The number of hydrogen-bond acceptors (Lipinski definition) is 1. The van der Waals surface area contributed by atoms with Gasteiger partial charge in [-0.3, -0.25) is 0 Å². The summed E-state index contributed by atoms with van der Waals surface area (Å²) in [4.78, 5) is 2.51. The monoisotopic (exact) mass is 644 g/mol. The van der Waals surface area contributed by atoms with Gasteiger partial charge in [-0.05, 0) is 106 Å². The second-order valence-corrected chi connectivity index (χ2v) is 15.3. The van der Waals surface area contributed by atoms with Crippen LogP contribution >= 0.6 is 0 Å². The molecule has 0 aliphatic heterocycles. The summed E-state index contributed by atoms with van der Waals surface area (Å²) in [6.07, 6.45) is 7.17. The van der Waals surface area contributed by atoms with Gasteiger partial charge in [-0.15, -0.1) is 0 Å². The van der Waals surface area contributed by atoms with Crippen molar-refractivity contribution in [2.75, 3.05) is 4.90 Å². The first-order valence-electron chi connectivity index (χ1n) is 18.0. The SMILES string of the molecule is CC1(C)C2=CCCC=C2c2cc(N(c3ccc(-n4c5ccccc5c5ccccc54)cc3)c3cccc4c3-c3ccccc3C4(C)C)ccc21. The molecular formula is C48H40N2. The van der Waals surface area contributed by atoms with Gasteiger partial charge in [-0.1, -0.05) is 119 Å². The van der Waals surface area contributed by atoms with Gasteiger partial charge in [0.15, 0.2) is 0 Å². The Morgan fingerprint density at radius 3 is 1.90 bits per heavy atom. The third-order valence-electron chi connectivity index (χ3n) is 11.8. The maximum Gasteiger partial charge on any atom is 0.0543 e. The number of aromatic nitrogens is 1. The first kappa shape index (κ1) is 29.3. The maximum absolute atomic E-state index is 2.51. The van der Waals surface area contributed by atoms with E-state index in [0.29, 0.717) is 0 Å². The molecule has 0 amide bonds. The molecule has 242 valence electrons. The van der Waals surface area contributed by atoms with E-state index in [1.165, 1.54) is 77.7 Å². The Hall–Kier alpha value is -5.60. The molecule has 0 saturated heterocycles. The maximum atomic E-state index is 2.51. The normalized spacial score (nSPS) is 16.4. The van der Waals surface area contributed by atoms with Gasteiger partial charge in [0.25, 0.3) is 0 Å². The lowest BCUT2D eigenvalue weighted by atomic mass is 9.80. The highest BCUT2D eigenvalue weighted by Crippen LogP contribution is 2.56. The van der Waals surface area contributed by atoms with Crippen LogP contribution in [0.25, 0.3) is 44.2 Å². The average molecular weight is 645 g/mol. The van der Waals surface area contributed by atoms with Gasteiger partial charge in [-0.2, -0.15) is 0 Å². The fourth-order valence-corrected chi connectivity index (χ4v) is 9.41. The van der Waals surface area contributed by atoms with Gasteiger partial charge in [0.2, 0.25) is 0 Å². The molecule has 10 rings (SSSR count). The van der Waals surface area contributed by atoms with E-state index < -0.39 is 0 Å². The minimum Gasteiger partial charge on any atom is -0.310 e. The third kappa shape index (κ3) is 3.96. The van der Waals surface area contributed by atoms with E-state index in [1.54, 1.807) is 0 Å². The van der Waals surface area contributed by atoms with Crippen LogP contribution in [-0.2, 0) is 10.8 Å². The zero-order valence-electron chi connectivity index (χ0n) is 29.2.